The van der Waals surface area contributed by atoms with Crippen LogP contribution in [0.2, 0.25) is 0 Å². The molecule has 1 N–H and O–H groups in total. The maximum absolute atomic E-state index is 12.5. The van der Waals surface area contributed by atoms with Gasteiger partial charge in [-0.05, 0) is 61.3 Å². The van der Waals surface area contributed by atoms with Crippen LogP contribution in [0.4, 0.5) is 5.00 Å². The van der Waals surface area contributed by atoms with E-state index in [1.165, 1.54) is 29.4 Å². The molecule has 29 heavy (non-hydrogen) atoms. The summed E-state index contributed by atoms with van der Waals surface area (Å²) in [6, 6.07) is 3.65. The molecule has 1 amide bonds. The minimum absolute atomic E-state index is 0.250. The van der Waals surface area contributed by atoms with Crippen LogP contribution in [0.5, 0.6) is 0 Å². The minimum Gasteiger partial charge on any atom is -0.465 e. The van der Waals surface area contributed by atoms with Crippen LogP contribution in [0.25, 0.3) is 6.08 Å². The van der Waals surface area contributed by atoms with E-state index in [1.54, 1.807) is 12.1 Å². The van der Waals surface area contributed by atoms with Crippen molar-refractivity contribution >= 4 is 34.3 Å². The number of ether oxygens (including phenoxy) is 1. The second-order valence-electron chi connectivity index (χ2n) is 8.25. The summed E-state index contributed by atoms with van der Waals surface area (Å²) in [6.07, 6.45) is 6.96. The van der Waals surface area contributed by atoms with Gasteiger partial charge in [0.25, 0.3) is 0 Å². The average molecular weight is 416 g/mol. The van der Waals surface area contributed by atoms with E-state index in [0.717, 1.165) is 37.0 Å². The highest BCUT2D eigenvalue weighted by molar-refractivity contribution is 7.17. The number of rotatable bonds is 6. The summed E-state index contributed by atoms with van der Waals surface area (Å²) in [7, 11) is 1.38. The zero-order chi connectivity index (χ0) is 21.2. The van der Waals surface area contributed by atoms with Gasteiger partial charge in [0.2, 0.25) is 5.91 Å². The number of amides is 1. The minimum atomic E-state index is -0.392. The Morgan fingerprint density at radius 2 is 2.14 bits per heavy atom. The molecule has 1 unspecified atom stereocenters. The maximum Gasteiger partial charge on any atom is 0.341 e. The van der Waals surface area contributed by atoms with Crippen molar-refractivity contribution in [1.29, 1.82) is 0 Å². The van der Waals surface area contributed by atoms with Crippen LogP contribution in [-0.4, -0.2) is 19.0 Å². The Kier molecular flexibility index (Phi) is 6.32. The summed E-state index contributed by atoms with van der Waals surface area (Å²) in [5.74, 6) is 1.27. The normalized spacial score (nSPS) is 16.7. The Labute approximate surface area is 176 Å². The van der Waals surface area contributed by atoms with Gasteiger partial charge < -0.3 is 14.5 Å². The number of esters is 1. The molecule has 1 aliphatic carbocycles. The number of carbonyl (C=O) groups excluding carboxylic acids is 2. The molecule has 2 aromatic rings. The van der Waals surface area contributed by atoms with Gasteiger partial charge in [-0.2, -0.15) is 0 Å². The predicted molar refractivity (Wildman–Crippen MR) is 116 cm³/mol. The van der Waals surface area contributed by atoms with Gasteiger partial charge in [0.1, 0.15) is 16.5 Å². The molecule has 0 radical (unpaired) electrons. The number of furan rings is 1. The summed E-state index contributed by atoms with van der Waals surface area (Å²) < 4.78 is 10.5. The number of thiophene rings is 1. The van der Waals surface area contributed by atoms with Gasteiger partial charge in [-0.3, -0.25) is 4.79 Å². The molecule has 0 bridgehead atoms. The van der Waals surface area contributed by atoms with Gasteiger partial charge >= 0.3 is 5.97 Å². The smallest absolute Gasteiger partial charge is 0.341 e. The highest BCUT2D eigenvalue weighted by Gasteiger charge is 2.35. The fourth-order valence-corrected chi connectivity index (χ4v) is 5.12. The summed E-state index contributed by atoms with van der Waals surface area (Å²) >= 11 is 1.50. The number of anilines is 1. The molecule has 156 valence electrons. The van der Waals surface area contributed by atoms with E-state index in [4.69, 9.17) is 9.15 Å². The van der Waals surface area contributed by atoms with Crippen molar-refractivity contribution in [1.82, 2.24) is 0 Å². The molecule has 0 saturated heterocycles. The van der Waals surface area contributed by atoms with E-state index in [9.17, 15) is 9.59 Å². The Morgan fingerprint density at radius 1 is 1.38 bits per heavy atom. The van der Waals surface area contributed by atoms with Crippen molar-refractivity contribution in [2.24, 2.45) is 11.3 Å². The third-order valence-corrected chi connectivity index (χ3v) is 7.24. The molecule has 3 rings (SSSR count). The number of methoxy groups -OCH3 is 1. The van der Waals surface area contributed by atoms with E-state index < -0.39 is 5.97 Å². The number of fused-ring (bicyclic) bond motifs is 1. The Morgan fingerprint density at radius 3 is 2.76 bits per heavy atom. The highest BCUT2D eigenvalue weighted by Crippen LogP contribution is 2.45. The largest absolute Gasteiger partial charge is 0.465 e. The fraction of sp³-hybridized carbons (Fsp3) is 0.478. The quantitative estimate of drug-likeness (QED) is 0.490. The van der Waals surface area contributed by atoms with Gasteiger partial charge in [-0.25, -0.2) is 4.79 Å². The zero-order valence-corrected chi connectivity index (χ0v) is 18.6. The standard InChI is InChI=1S/C23H29NO4S/c1-6-23(3,4)15-8-11-17-18(13-15)29-21(20(17)22(26)27-5)24-19(25)12-10-16-9-7-14(2)28-16/h7,9-10,12,15H,6,8,11,13H2,1-5H3,(H,24,25)/b12-10+. The zero-order valence-electron chi connectivity index (χ0n) is 17.8. The van der Waals surface area contributed by atoms with Crippen LogP contribution in [0.1, 0.15) is 65.9 Å². The lowest BCUT2D eigenvalue weighted by Gasteiger charge is -2.36. The Bertz CT molecular complexity index is 935. The molecule has 2 aromatic heterocycles. The predicted octanol–water partition coefficient (Wildman–Crippen LogP) is 5.63. The maximum atomic E-state index is 12.5. The van der Waals surface area contributed by atoms with Crippen molar-refractivity contribution in [3.63, 3.8) is 0 Å². The van der Waals surface area contributed by atoms with Crippen molar-refractivity contribution in [3.05, 3.63) is 45.7 Å². The fourth-order valence-electron chi connectivity index (χ4n) is 3.80. The second-order valence-corrected chi connectivity index (χ2v) is 9.36. The van der Waals surface area contributed by atoms with E-state index in [-0.39, 0.29) is 11.3 Å². The lowest BCUT2D eigenvalue weighted by molar-refractivity contribution is -0.111. The number of carbonyl (C=O) groups is 2. The van der Waals surface area contributed by atoms with Gasteiger partial charge in [-0.1, -0.05) is 27.2 Å². The SMILES string of the molecule is CCC(C)(C)C1CCc2c(sc(NC(=O)/C=C/c3ccc(C)o3)c2C(=O)OC)C1. The van der Waals surface area contributed by atoms with Crippen molar-refractivity contribution < 1.29 is 18.7 Å². The molecule has 0 aromatic carbocycles. The van der Waals surface area contributed by atoms with Crippen LogP contribution in [0.3, 0.4) is 0 Å². The molecular formula is C23H29NO4S. The van der Waals surface area contributed by atoms with Crippen LogP contribution < -0.4 is 5.32 Å². The van der Waals surface area contributed by atoms with E-state index in [2.05, 4.69) is 26.1 Å². The van der Waals surface area contributed by atoms with Crippen molar-refractivity contribution in [2.45, 2.75) is 53.4 Å². The summed E-state index contributed by atoms with van der Waals surface area (Å²) in [6.45, 7) is 8.69. The van der Waals surface area contributed by atoms with Crippen LogP contribution in [0.15, 0.2) is 22.6 Å². The lowest BCUT2D eigenvalue weighted by atomic mass is 9.69. The van der Waals surface area contributed by atoms with E-state index in [1.807, 2.05) is 13.0 Å². The summed E-state index contributed by atoms with van der Waals surface area (Å²) in [5, 5.41) is 3.45. The van der Waals surface area contributed by atoms with Crippen LogP contribution in [-0.2, 0) is 22.4 Å². The molecule has 1 aliphatic rings. The number of hydrogen-bond acceptors (Lipinski definition) is 5. The molecule has 6 heteroatoms. The summed E-state index contributed by atoms with van der Waals surface area (Å²) in [5.41, 5.74) is 1.79. The van der Waals surface area contributed by atoms with Gasteiger partial charge in [0, 0.05) is 11.0 Å². The lowest BCUT2D eigenvalue weighted by Crippen LogP contribution is -2.28. The van der Waals surface area contributed by atoms with Crippen molar-refractivity contribution in [3.8, 4) is 0 Å². The van der Waals surface area contributed by atoms with Gasteiger partial charge in [0.15, 0.2) is 0 Å². The highest BCUT2D eigenvalue weighted by atomic mass is 32.1. The first-order valence-corrected chi connectivity index (χ1v) is 10.8. The first kappa shape index (κ1) is 21.4. The number of aryl methyl sites for hydroxylation is 1. The first-order valence-electron chi connectivity index (χ1n) is 10.0. The topological polar surface area (TPSA) is 68.5 Å². The third kappa shape index (κ3) is 4.64. The second kappa shape index (κ2) is 8.57. The molecule has 2 heterocycles. The first-order chi connectivity index (χ1) is 13.7. The van der Waals surface area contributed by atoms with Gasteiger partial charge in [-0.15, -0.1) is 11.3 Å². The third-order valence-electron chi connectivity index (χ3n) is 6.07. The molecule has 1 atom stereocenters. The van der Waals surface area contributed by atoms with Crippen LogP contribution in [0, 0.1) is 18.3 Å². The Hall–Kier alpha value is -2.34. The van der Waals surface area contributed by atoms with E-state index >= 15 is 0 Å². The molecule has 0 saturated carbocycles. The average Bonchev–Trinajstić information content (AvgIpc) is 3.27. The molecule has 5 nitrogen and oxygen atoms in total. The number of nitrogens with one attached hydrogen (secondary N) is 1. The monoisotopic (exact) mass is 415 g/mol. The summed E-state index contributed by atoms with van der Waals surface area (Å²) in [4.78, 5) is 26.1. The molecule has 0 aliphatic heterocycles. The Balaban J connectivity index is 1.84. The van der Waals surface area contributed by atoms with E-state index in [0.29, 0.717) is 22.2 Å². The van der Waals surface area contributed by atoms with Crippen LogP contribution >= 0.6 is 11.3 Å². The number of hydrogen-bond donors (Lipinski definition) is 1. The molecule has 0 fully saturated rings. The van der Waals surface area contributed by atoms with Gasteiger partial charge in [0.05, 0.1) is 12.7 Å². The molecule has 0 spiro atoms. The van der Waals surface area contributed by atoms with Crippen molar-refractivity contribution in [2.75, 3.05) is 12.4 Å². The molecular weight excluding hydrogens is 386 g/mol.